The number of alkyl halides is 3. The number of anilines is 2. The Bertz CT molecular complexity index is 1080. The van der Waals surface area contributed by atoms with Crippen LogP contribution in [0.5, 0.6) is 0 Å². The summed E-state index contributed by atoms with van der Waals surface area (Å²) < 4.78 is 45.4. The van der Waals surface area contributed by atoms with E-state index in [2.05, 4.69) is 5.32 Å². The molecule has 2 aliphatic heterocycles. The Labute approximate surface area is 198 Å². The van der Waals surface area contributed by atoms with Crippen LogP contribution in [-0.2, 0) is 9.59 Å². The van der Waals surface area contributed by atoms with E-state index in [9.17, 15) is 27.2 Å². The van der Waals surface area contributed by atoms with E-state index < -0.39 is 12.1 Å². The van der Waals surface area contributed by atoms with Crippen molar-refractivity contribution >= 4 is 29.3 Å². The average molecular weight is 496 g/mol. The van der Waals surface area contributed by atoms with Crippen molar-refractivity contribution in [2.45, 2.75) is 18.1 Å². The van der Waals surface area contributed by atoms with Crippen LogP contribution in [0.3, 0.4) is 0 Å². The molecule has 3 amide bonds. The van der Waals surface area contributed by atoms with Gasteiger partial charge in [0.15, 0.2) is 0 Å². The van der Waals surface area contributed by atoms with Gasteiger partial charge in [0, 0.05) is 31.0 Å². The quantitative estimate of drug-likeness (QED) is 0.622. The highest BCUT2D eigenvalue weighted by Crippen LogP contribution is 2.33. The number of carbonyl (C=O) groups is 3. The molecular formula is C23H24F4N4O4. The zero-order chi connectivity index (χ0) is 25.8. The molecule has 12 heteroatoms. The number of piperazine rings is 1. The largest absolute Gasteiger partial charge is 0.490 e. The number of aliphatic carboxylic acids is 1. The first-order valence-electron chi connectivity index (χ1n) is 10.6. The molecule has 2 heterocycles. The van der Waals surface area contributed by atoms with Crippen LogP contribution >= 0.6 is 0 Å². The Morgan fingerprint density at radius 1 is 1.06 bits per heavy atom. The van der Waals surface area contributed by atoms with Gasteiger partial charge >= 0.3 is 18.2 Å². The SMILES string of the molecule is CN1CC(=O)N(c2cccc(F)c2)CC12CCN(C(=O)Nc1ccccc1)C2.O=C(O)C(F)(F)F. The summed E-state index contributed by atoms with van der Waals surface area (Å²) in [6.45, 7) is 1.79. The van der Waals surface area contributed by atoms with Gasteiger partial charge in [-0.3, -0.25) is 9.69 Å². The number of urea groups is 1. The Morgan fingerprint density at radius 3 is 2.31 bits per heavy atom. The highest BCUT2D eigenvalue weighted by atomic mass is 19.4. The van der Waals surface area contributed by atoms with Gasteiger partial charge in [-0.15, -0.1) is 0 Å². The van der Waals surface area contributed by atoms with E-state index >= 15 is 0 Å². The van der Waals surface area contributed by atoms with Crippen LogP contribution in [0.2, 0.25) is 0 Å². The van der Waals surface area contributed by atoms with Gasteiger partial charge in [0.2, 0.25) is 5.91 Å². The van der Waals surface area contributed by atoms with E-state index in [0.29, 0.717) is 25.3 Å². The average Bonchev–Trinajstić information content (AvgIpc) is 3.22. The molecule has 188 valence electrons. The van der Waals surface area contributed by atoms with Gasteiger partial charge < -0.3 is 20.2 Å². The van der Waals surface area contributed by atoms with Gasteiger partial charge in [-0.2, -0.15) is 13.2 Å². The molecule has 1 unspecified atom stereocenters. The maximum Gasteiger partial charge on any atom is 0.490 e. The van der Waals surface area contributed by atoms with Crippen molar-refractivity contribution in [1.29, 1.82) is 0 Å². The fraction of sp³-hybridized carbons (Fsp3) is 0.348. The third-order valence-corrected chi connectivity index (χ3v) is 5.94. The molecule has 2 fully saturated rings. The molecule has 4 rings (SSSR count). The second-order valence-corrected chi connectivity index (χ2v) is 8.31. The number of amides is 3. The van der Waals surface area contributed by atoms with E-state index in [4.69, 9.17) is 9.90 Å². The van der Waals surface area contributed by atoms with Crippen LogP contribution < -0.4 is 10.2 Å². The van der Waals surface area contributed by atoms with Crippen molar-refractivity contribution in [3.05, 3.63) is 60.4 Å². The smallest absolute Gasteiger partial charge is 0.475 e. The number of nitrogens with one attached hydrogen (secondary N) is 1. The van der Waals surface area contributed by atoms with Crippen molar-refractivity contribution < 1.29 is 37.1 Å². The third-order valence-electron chi connectivity index (χ3n) is 5.94. The van der Waals surface area contributed by atoms with E-state index in [1.165, 1.54) is 12.1 Å². The van der Waals surface area contributed by atoms with Crippen molar-refractivity contribution in [1.82, 2.24) is 9.80 Å². The summed E-state index contributed by atoms with van der Waals surface area (Å²) in [7, 11) is 1.92. The number of carbonyl (C=O) groups excluding carboxylic acids is 2. The lowest BCUT2D eigenvalue weighted by molar-refractivity contribution is -0.192. The molecule has 1 atom stereocenters. The summed E-state index contributed by atoms with van der Waals surface area (Å²) in [5, 5.41) is 10.0. The molecule has 2 aliphatic rings. The highest BCUT2D eigenvalue weighted by Gasteiger charge is 2.48. The fourth-order valence-corrected chi connectivity index (χ4v) is 4.03. The van der Waals surface area contributed by atoms with E-state index in [-0.39, 0.29) is 29.8 Å². The Kier molecular flexibility index (Phi) is 7.64. The summed E-state index contributed by atoms with van der Waals surface area (Å²) in [5.41, 5.74) is 0.973. The second kappa shape index (κ2) is 10.3. The predicted octanol–water partition coefficient (Wildman–Crippen LogP) is 3.41. The monoisotopic (exact) mass is 496 g/mol. The zero-order valence-electron chi connectivity index (χ0n) is 18.8. The molecule has 1 spiro atoms. The number of halogens is 4. The Hall–Kier alpha value is -3.67. The minimum atomic E-state index is -5.08. The van der Waals surface area contributed by atoms with Crippen LogP contribution in [0.4, 0.5) is 33.7 Å². The predicted molar refractivity (Wildman–Crippen MR) is 119 cm³/mol. The van der Waals surface area contributed by atoms with Gasteiger partial charge in [0.05, 0.1) is 12.1 Å². The van der Waals surface area contributed by atoms with Gasteiger partial charge in [-0.1, -0.05) is 24.3 Å². The topological polar surface area (TPSA) is 93.2 Å². The number of nitrogens with zero attached hydrogens (tertiary/aromatic N) is 3. The number of likely N-dealkylation sites (N-methyl/N-ethyl adjacent to an activating group) is 1. The first-order chi connectivity index (χ1) is 16.4. The summed E-state index contributed by atoms with van der Waals surface area (Å²) in [6.07, 6.45) is -4.33. The summed E-state index contributed by atoms with van der Waals surface area (Å²) >= 11 is 0. The fourth-order valence-electron chi connectivity index (χ4n) is 4.03. The normalized spacial score (nSPS) is 20.4. The molecular weight excluding hydrogens is 472 g/mol. The molecule has 0 aromatic heterocycles. The van der Waals surface area contributed by atoms with Gasteiger partial charge in [-0.25, -0.2) is 14.0 Å². The van der Waals surface area contributed by atoms with E-state index in [1.807, 2.05) is 42.3 Å². The molecule has 35 heavy (non-hydrogen) atoms. The third kappa shape index (κ3) is 6.27. The minimum Gasteiger partial charge on any atom is -0.475 e. The molecule has 2 N–H and O–H groups in total. The first kappa shape index (κ1) is 25.9. The van der Waals surface area contributed by atoms with Crippen molar-refractivity contribution in [3.63, 3.8) is 0 Å². The molecule has 0 bridgehead atoms. The molecule has 2 aromatic rings. The van der Waals surface area contributed by atoms with Crippen molar-refractivity contribution in [2.24, 2.45) is 0 Å². The van der Waals surface area contributed by atoms with Gasteiger partial charge in [0.25, 0.3) is 0 Å². The van der Waals surface area contributed by atoms with Crippen LogP contribution in [0.1, 0.15) is 6.42 Å². The molecule has 8 nitrogen and oxygen atoms in total. The van der Waals surface area contributed by atoms with Crippen LogP contribution in [0, 0.1) is 5.82 Å². The number of benzene rings is 2. The molecule has 2 aromatic carbocycles. The number of hydrogen-bond acceptors (Lipinski definition) is 4. The first-order valence-corrected chi connectivity index (χ1v) is 10.6. The Balaban J connectivity index is 0.000000429. The number of carboxylic acids is 1. The number of rotatable bonds is 2. The van der Waals surface area contributed by atoms with Crippen LogP contribution in [0.15, 0.2) is 54.6 Å². The van der Waals surface area contributed by atoms with Gasteiger partial charge in [0.1, 0.15) is 5.82 Å². The van der Waals surface area contributed by atoms with Crippen molar-refractivity contribution in [3.8, 4) is 0 Å². The zero-order valence-corrected chi connectivity index (χ0v) is 18.8. The van der Waals surface area contributed by atoms with Gasteiger partial charge in [-0.05, 0) is 43.8 Å². The summed E-state index contributed by atoms with van der Waals surface area (Å²) in [5.74, 6) is -3.19. The lowest BCUT2D eigenvalue weighted by Gasteiger charge is -2.46. The number of para-hydroxylation sites is 1. The summed E-state index contributed by atoms with van der Waals surface area (Å²) in [6, 6.07) is 15.3. The minimum absolute atomic E-state index is 0.0640. The second-order valence-electron chi connectivity index (χ2n) is 8.31. The van der Waals surface area contributed by atoms with Crippen molar-refractivity contribution in [2.75, 3.05) is 43.4 Å². The molecule has 0 saturated carbocycles. The Morgan fingerprint density at radius 2 is 1.71 bits per heavy atom. The lowest BCUT2D eigenvalue weighted by Crippen LogP contribution is -2.64. The molecule has 0 aliphatic carbocycles. The lowest BCUT2D eigenvalue weighted by atomic mass is 9.92. The number of carboxylic acid groups (broad SMARTS) is 1. The van der Waals surface area contributed by atoms with Crippen LogP contribution in [-0.4, -0.2) is 77.8 Å². The van der Waals surface area contributed by atoms with Crippen LogP contribution in [0.25, 0.3) is 0 Å². The maximum atomic E-state index is 13.7. The molecule has 0 radical (unpaired) electrons. The van der Waals surface area contributed by atoms with E-state index in [0.717, 1.165) is 12.1 Å². The highest BCUT2D eigenvalue weighted by molar-refractivity contribution is 5.96. The molecule has 2 saturated heterocycles. The number of hydrogen-bond donors (Lipinski definition) is 2. The number of likely N-dealkylation sites (tertiary alicyclic amines) is 1. The summed E-state index contributed by atoms with van der Waals surface area (Å²) in [4.78, 5) is 39.6. The standard InChI is InChI=1S/C21H23FN4O2.C2HF3O2/c1-24-13-19(27)26(18-9-5-6-16(22)12-18)15-21(24)10-11-25(14-21)20(28)23-17-7-3-2-4-8-17;3-2(4,5)1(6)7/h2-9,12H,10-11,13-15H2,1H3,(H,23,28);(H,6,7). The van der Waals surface area contributed by atoms with E-state index in [1.54, 1.807) is 21.9 Å². The maximum absolute atomic E-state index is 13.7.